The summed E-state index contributed by atoms with van der Waals surface area (Å²) in [5, 5.41) is 0. The fourth-order valence-electron chi connectivity index (χ4n) is 7.80. The van der Waals surface area contributed by atoms with Gasteiger partial charge in [-0.2, -0.15) is 0 Å². The molecule has 0 bridgehead atoms. The molecule has 0 spiro atoms. The largest absolute Gasteiger partial charge is 0.458 e. The highest BCUT2D eigenvalue weighted by Crippen LogP contribution is 2.52. The number of hydrogen-bond acceptors (Lipinski definition) is 4. The van der Waals surface area contributed by atoms with Gasteiger partial charge in [0.15, 0.2) is 0 Å². The molecule has 1 aliphatic carbocycles. The normalized spacial score (nSPS) is 17.6. The molecule has 3 nitrogen and oxygen atoms in total. The molecule has 0 aromatic heterocycles. The van der Waals surface area contributed by atoms with E-state index in [1.807, 2.05) is 11.8 Å². The highest BCUT2D eigenvalue weighted by atomic mass is 32.2. The van der Waals surface area contributed by atoms with Crippen molar-refractivity contribution in [2.75, 3.05) is 4.90 Å². The van der Waals surface area contributed by atoms with E-state index in [2.05, 4.69) is 131 Å². The lowest BCUT2D eigenvalue weighted by Gasteiger charge is -2.43. The summed E-state index contributed by atoms with van der Waals surface area (Å²) in [7, 11) is 0. The molecule has 0 fully saturated rings. The highest BCUT2D eigenvalue weighted by molar-refractivity contribution is 7.99. The second-order valence-corrected chi connectivity index (χ2v) is 15.2. The van der Waals surface area contributed by atoms with Gasteiger partial charge in [-0.1, -0.05) is 75.9 Å². The van der Waals surface area contributed by atoms with Gasteiger partial charge >= 0.3 is 0 Å². The molecule has 216 valence electrons. The molecule has 3 aliphatic heterocycles. The topological polar surface area (TPSA) is 21.7 Å². The zero-order valence-corrected chi connectivity index (χ0v) is 26.6. The number of anilines is 3. The van der Waals surface area contributed by atoms with Crippen LogP contribution in [0.5, 0.6) is 23.0 Å². The van der Waals surface area contributed by atoms with Crippen molar-refractivity contribution < 1.29 is 9.47 Å². The molecule has 0 radical (unpaired) electrons. The van der Waals surface area contributed by atoms with Crippen molar-refractivity contribution in [2.24, 2.45) is 0 Å². The number of para-hydroxylation sites is 2. The summed E-state index contributed by atoms with van der Waals surface area (Å²) in [4.78, 5) is 4.88. The number of fused-ring (bicyclic) bond motifs is 7. The number of rotatable bonds is 1. The third kappa shape index (κ3) is 3.72. The predicted molar refractivity (Wildman–Crippen MR) is 183 cm³/mol. The summed E-state index contributed by atoms with van der Waals surface area (Å²) in [6.07, 6.45) is 2.36. The first-order valence-corrected chi connectivity index (χ1v) is 16.5. The Bertz CT molecular complexity index is 2000. The fraction of sp³-hybridized carbons (Fsp3) is 0.231. The third-order valence-electron chi connectivity index (χ3n) is 10.3. The molecule has 0 N–H and O–H groups in total. The Morgan fingerprint density at radius 3 is 1.84 bits per heavy atom. The number of aryl methyl sites for hydroxylation is 1. The first kappa shape index (κ1) is 26.3. The minimum Gasteiger partial charge on any atom is -0.458 e. The fourth-order valence-corrected chi connectivity index (χ4v) is 8.86. The van der Waals surface area contributed by atoms with E-state index in [1.54, 1.807) is 0 Å². The maximum absolute atomic E-state index is 6.80. The average Bonchev–Trinajstić information content (AvgIpc) is 3.01. The van der Waals surface area contributed by atoms with Crippen LogP contribution in [0.3, 0.4) is 0 Å². The molecule has 9 rings (SSSR count). The van der Waals surface area contributed by atoms with Gasteiger partial charge in [0.1, 0.15) is 23.0 Å². The van der Waals surface area contributed by atoms with Gasteiger partial charge in [0.05, 0.1) is 11.4 Å². The number of ether oxygens (including phenoxy) is 2. The third-order valence-corrected chi connectivity index (χ3v) is 11.4. The van der Waals surface area contributed by atoms with Crippen LogP contribution in [-0.4, -0.2) is 6.71 Å². The molecule has 3 heterocycles. The van der Waals surface area contributed by atoms with Crippen LogP contribution in [0.4, 0.5) is 17.1 Å². The van der Waals surface area contributed by atoms with E-state index in [0.717, 1.165) is 39.7 Å². The highest BCUT2D eigenvalue weighted by Gasteiger charge is 2.44. The molecule has 0 atom stereocenters. The predicted octanol–water partition coefficient (Wildman–Crippen LogP) is 9.01. The van der Waals surface area contributed by atoms with E-state index in [9.17, 15) is 0 Å². The minimum absolute atomic E-state index is 0.0461. The molecule has 5 heteroatoms. The summed E-state index contributed by atoms with van der Waals surface area (Å²) in [6, 6.07) is 33.3. The van der Waals surface area contributed by atoms with Gasteiger partial charge in [-0.3, -0.25) is 0 Å². The van der Waals surface area contributed by atoms with Crippen LogP contribution >= 0.6 is 11.8 Å². The second-order valence-electron chi connectivity index (χ2n) is 14.1. The second kappa shape index (κ2) is 8.98. The monoisotopic (exact) mass is 591 g/mol. The van der Waals surface area contributed by atoms with Gasteiger partial charge in [0.2, 0.25) is 0 Å². The lowest BCUT2D eigenvalue weighted by Crippen LogP contribution is -2.58. The van der Waals surface area contributed by atoms with Crippen LogP contribution in [0.25, 0.3) is 0 Å². The summed E-state index contributed by atoms with van der Waals surface area (Å²) in [5.74, 6) is 3.70. The molecule has 0 amide bonds. The van der Waals surface area contributed by atoms with Crippen LogP contribution in [0.2, 0.25) is 0 Å². The van der Waals surface area contributed by atoms with E-state index in [4.69, 9.17) is 9.47 Å². The minimum atomic E-state index is 0.0461. The summed E-state index contributed by atoms with van der Waals surface area (Å²) in [5.41, 5.74) is 11.3. The van der Waals surface area contributed by atoms with E-state index in [-0.39, 0.29) is 17.5 Å². The number of benzene rings is 5. The first-order valence-electron chi connectivity index (χ1n) is 15.7. The van der Waals surface area contributed by atoms with Crippen molar-refractivity contribution >= 4 is 51.9 Å². The van der Waals surface area contributed by atoms with Crippen LogP contribution in [0, 0.1) is 6.92 Å². The van der Waals surface area contributed by atoms with Crippen molar-refractivity contribution in [1.82, 2.24) is 0 Å². The summed E-state index contributed by atoms with van der Waals surface area (Å²) >= 11 is 1.83. The lowest BCUT2D eigenvalue weighted by molar-refractivity contribution is 0.330. The van der Waals surface area contributed by atoms with Crippen LogP contribution in [0.1, 0.15) is 57.2 Å². The quantitative estimate of drug-likeness (QED) is 0.178. The average molecular weight is 592 g/mol. The molecule has 44 heavy (non-hydrogen) atoms. The van der Waals surface area contributed by atoms with Crippen molar-refractivity contribution in [1.29, 1.82) is 0 Å². The Morgan fingerprint density at radius 2 is 1.20 bits per heavy atom. The van der Waals surface area contributed by atoms with Crippen LogP contribution < -0.4 is 30.8 Å². The van der Waals surface area contributed by atoms with Gasteiger partial charge in [-0.25, -0.2) is 0 Å². The van der Waals surface area contributed by atoms with Gasteiger partial charge in [-0.15, -0.1) is 0 Å². The Morgan fingerprint density at radius 1 is 0.636 bits per heavy atom. The summed E-state index contributed by atoms with van der Waals surface area (Å²) < 4.78 is 13.6. The molecule has 5 aromatic rings. The first-order chi connectivity index (χ1) is 21.2. The Hall–Kier alpha value is -4.09. The SMILES string of the molecule is Cc1cc2c3c(c1)Oc1cc4c(cc1B3c1ccc(N3c5ccccc5Sc5ccccc53)cc1O2)C(C)(C)CCC4(C)C. The Kier molecular flexibility index (Phi) is 5.38. The zero-order valence-electron chi connectivity index (χ0n) is 25.8. The zero-order chi connectivity index (χ0) is 30.0. The maximum Gasteiger partial charge on any atom is 0.260 e. The van der Waals surface area contributed by atoms with Crippen molar-refractivity contribution in [3.05, 3.63) is 108 Å². The standard InChI is InChI=1S/C39H34BNO2S/c1-23-18-33-37-34(19-23)43-32-22-26-25(38(2,3)16-17-39(26,4)5)21-28(32)40(37)27-15-14-24(20-31(27)42-33)41-29-10-6-8-12-35(29)44-36-13-9-7-11-30(36)41/h6-15,18-22H,16-17H2,1-5H3. The van der Waals surface area contributed by atoms with Crippen molar-refractivity contribution in [3.63, 3.8) is 0 Å². The van der Waals surface area contributed by atoms with Crippen molar-refractivity contribution in [2.45, 2.75) is 68.1 Å². The van der Waals surface area contributed by atoms with Crippen LogP contribution in [0.15, 0.2) is 101 Å². The molecule has 0 unspecified atom stereocenters. The van der Waals surface area contributed by atoms with E-state index in [0.29, 0.717) is 0 Å². The molecule has 0 saturated carbocycles. The maximum atomic E-state index is 6.80. The molecule has 0 saturated heterocycles. The molecule has 4 aliphatic rings. The number of nitrogens with zero attached hydrogens (tertiary/aromatic N) is 1. The van der Waals surface area contributed by atoms with Crippen LogP contribution in [-0.2, 0) is 10.8 Å². The Balaban J connectivity index is 1.25. The summed E-state index contributed by atoms with van der Waals surface area (Å²) in [6.45, 7) is 11.7. The van der Waals surface area contributed by atoms with Gasteiger partial charge in [0.25, 0.3) is 6.71 Å². The Labute approximate surface area is 264 Å². The van der Waals surface area contributed by atoms with Gasteiger partial charge < -0.3 is 14.4 Å². The smallest absolute Gasteiger partial charge is 0.260 e. The number of hydrogen-bond donors (Lipinski definition) is 0. The van der Waals surface area contributed by atoms with Crippen molar-refractivity contribution in [3.8, 4) is 23.0 Å². The van der Waals surface area contributed by atoms with E-state index >= 15 is 0 Å². The molecule has 5 aromatic carbocycles. The molecular formula is C39H34BNO2S. The van der Waals surface area contributed by atoms with E-state index in [1.165, 1.54) is 56.1 Å². The lowest BCUT2D eigenvalue weighted by atomic mass is 9.34. The van der Waals surface area contributed by atoms with E-state index < -0.39 is 0 Å². The van der Waals surface area contributed by atoms with Gasteiger partial charge in [-0.05, 0) is 107 Å². The molecular weight excluding hydrogens is 557 g/mol. The van der Waals surface area contributed by atoms with Gasteiger partial charge in [0, 0.05) is 27.0 Å².